The summed E-state index contributed by atoms with van der Waals surface area (Å²) in [6, 6.07) is 4.14. The van der Waals surface area contributed by atoms with Gasteiger partial charge in [0.2, 0.25) is 5.75 Å². The van der Waals surface area contributed by atoms with Crippen molar-refractivity contribution in [3.8, 4) is 11.5 Å². The SMILES string of the molecule is COc1c(O)c(CC(=O)O)cc2ccc(=O)oc12. The maximum Gasteiger partial charge on any atom is 0.336 e. The van der Waals surface area contributed by atoms with Crippen molar-refractivity contribution in [1.82, 2.24) is 0 Å². The van der Waals surface area contributed by atoms with Gasteiger partial charge in [-0.2, -0.15) is 0 Å². The van der Waals surface area contributed by atoms with Gasteiger partial charge in [0.25, 0.3) is 0 Å². The molecule has 0 fully saturated rings. The number of phenolic OH excluding ortho intramolecular Hbond substituents is 1. The van der Waals surface area contributed by atoms with Crippen molar-refractivity contribution in [2.75, 3.05) is 7.11 Å². The molecule has 0 amide bonds. The van der Waals surface area contributed by atoms with E-state index in [1.54, 1.807) is 0 Å². The first-order chi connectivity index (χ1) is 8.52. The van der Waals surface area contributed by atoms with E-state index in [0.717, 1.165) is 0 Å². The van der Waals surface area contributed by atoms with Crippen molar-refractivity contribution in [2.45, 2.75) is 6.42 Å². The Kier molecular flexibility index (Phi) is 2.93. The van der Waals surface area contributed by atoms with Gasteiger partial charge in [-0.15, -0.1) is 0 Å². The van der Waals surface area contributed by atoms with Crippen molar-refractivity contribution >= 4 is 16.9 Å². The van der Waals surface area contributed by atoms with E-state index in [0.29, 0.717) is 5.39 Å². The Hall–Kier alpha value is -2.50. The maximum atomic E-state index is 11.1. The minimum Gasteiger partial charge on any atom is -0.504 e. The Morgan fingerprint density at radius 3 is 2.78 bits per heavy atom. The van der Waals surface area contributed by atoms with Crippen LogP contribution in [0.4, 0.5) is 0 Å². The fourth-order valence-electron chi connectivity index (χ4n) is 1.71. The molecule has 1 aromatic carbocycles. The Morgan fingerprint density at radius 2 is 2.17 bits per heavy atom. The highest BCUT2D eigenvalue weighted by Gasteiger charge is 2.17. The monoisotopic (exact) mass is 250 g/mol. The van der Waals surface area contributed by atoms with Crippen molar-refractivity contribution in [1.29, 1.82) is 0 Å². The molecule has 0 saturated carbocycles. The number of aromatic hydroxyl groups is 1. The second-order valence-corrected chi connectivity index (χ2v) is 3.66. The molecule has 0 aliphatic rings. The molecule has 6 heteroatoms. The van der Waals surface area contributed by atoms with Gasteiger partial charge in [0.1, 0.15) is 0 Å². The first-order valence-electron chi connectivity index (χ1n) is 5.07. The molecule has 94 valence electrons. The van der Waals surface area contributed by atoms with Gasteiger partial charge in [0, 0.05) is 17.0 Å². The molecule has 1 heterocycles. The summed E-state index contributed by atoms with van der Waals surface area (Å²) < 4.78 is 9.90. The molecule has 6 nitrogen and oxygen atoms in total. The summed E-state index contributed by atoms with van der Waals surface area (Å²) in [5, 5.41) is 19.1. The molecule has 0 unspecified atom stereocenters. The van der Waals surface area contributed by atoms with E-state index in [9.17, 15) is 14.7 Å². The Morgan fingerprint density at radius 1 is 1.44 bits per heavy atom. The number of ether oxygens (including phenoxy) is 1. The van der Waals surface area contributed by atoms with Crippen molar-refractivity contribution in [3.63, 3.8) is 0 Å². The molecular weight excluding hydrogens is 240 g/mol. The van der Waals surface area contributed by atoms with Crippen LogP contribution in [0.5, 0.6) is 11.5 Å². The van der Waals surface area contributed by atoms with Crippen molar-refractivity contribution < 1.29 is 24.2 Å². The lowest BCUT2D eigenvalue weighted by Gasteiger charge is -2.09. The van der Waals surface area contributed by atoms with Gasteiger partial charge >= 0.3 is 11.6 Å². The smallest absolute Gasteiger partial charge is 0.336 e. The minimum atomic E-state index is -1.08. The van der Waals surface area contributed by atoms with Crippen molar-refractivity contribution in [2.24, 2.45) is 0 Å². The Bertz CT molecular complexity index is 670. The van der Waals surface area contributed by atoms with Crippen LogP contribution >= 0.6 is 0 Å². The summed E-state index contributed by atoms with van der Waals surface area (Å²) in [6.45, 7) is 0. The number of carboxylic acid groups (broad SMARTS) is 1. The lowest BCUT2D eigenvalue weighted by Crippen LogP contribution is -2.03. The highest BCUT2D eigenvalue weighted by molar-refractivity contribution is 5.88. The van der Waals surface area contributed by atoms with E-state index in [-0.39, 0.29) is 29.1 Å². The number of aliphatic carboxylic acids is 1. The molecule has 1 aromatic heterocycles. The van der Waals surface area contributed by atoms with Crippen LogP contribution in [0.15, 0.2) is 27.4 Å². The first kappa shape index (κ1) is 12.0. The fraction of sp³-hybridized carbons (Fsp3) is 0.167. The summed E-state index contributed by atoms with van der Waals surface area (Å²) in [7, 11) is 1.30. The predicted molar refractivity (Wildman–Crippen MR) is 62.0 cm³/mol. The van der Waals surface area contributed by atoms with E-state index >= 15 is 0 Å². The summed E-state index contributed by atoms with van der Waals surface area (Å²) >= 11 is 0. The van der Waals surface area contributed by atoms with Gasteiger partial charge in [-0.3, -0.25) is 4.79 Å². The third-order valence-corrected chi connectivity index (χ3v) is 2.46. The third kappa shape index (κ3) is 2.00. The maximum absolute atomic E-state index is 11.1. The normalized spacial score (nSPS) is 10.5. The van der Waals surface area contributed by atoms with Crippen LogP contribution < -0.4 is 10.4 Å². The van der Waals surface area contributed by atoms with Gasteiger partial charge in [-0.25, -0.2) is 4.79 Å². The average Bonchev–Trinajstić information content (AvgIpc) is 2.30. The number of carbonyl (C=O) groups is 1. The number of hydrogen-bond acceptors (Lipinski definition) is 5. The zero-order valence-corrected chi connectivity index (χ0v) is 9.47. The predicted octanol–water partition coefficient (Wildman–Crippen LogP) is 1.13. The highest BCUT2D eigenvalue weighted by atomic mass is 16.5. The molecule has 2 N–H and O–H groups in total. The number of phenols is 1. The lowest BCUT2D eigenvalue weighted by atomic mass is 10.1. The Labute approximate surface area is 101 Å². The zero-order chi connectivity index (χ0) is 13.3. The van der Waals surface area contributed by atoms with Crippen LogP contribution in [0.2, 0.25) is 0 Å². The molecule has 2 aromatic rings. The van der Waals surface area contributed by atoms with Crippen LogP contribution in [0.1, 0.15) is 5.56 Å². The number of rotatable bonds is 3. The summed E-state index contributed by atoms with van der Waals surface area (Å²) in [6.07, 6.45) is -0.350. The number of carboxylic acids is 1. The van der Waals surface area contributed by atoms with Gasteiger partial charge in [-0.05, 0) is 12.1 Å². The van der Waals surface area contributed by atoms with E-state index in [2.05, 4.69) is 0 Å². The molecule has 0 bridgehead atoms. The van der Waals surface area contributed by atoms with E-state index in [4.69, 9.17) is 14.3 Å². The topological polar surface area (TPSA) is 97.0 Å². The third-order valence-electron chi connectivity index (χ3n) is 2.46. The number of hydrogen-bond donors (Lipinski definition) is 2. The quantitative estimate of drug-likeness (QED) is 0.792. The zero-order valence-electron chi connectivity index (χ0n) is 9.47. The number of methoxy groups -OCH3 is 1. The van der Waals surface area contributed by atoms with Crippen LogP contribution in [-0.2, 0) is 11.2 Å². The van der Waals surface area contributed by atoms with E-state index < -0.39 is 11.6 Å². The van der Waals surface area contributed by atoms with Crippen molar-refractivity contribution in [3.05, 3.63) is 34.2 Å². The summed E-state index contributed by atoms with van der Waals surface area (Å²) in [5.41, 5.74) is -0.288. The highest BCUT2D eigenvalue weighted by Crippen LogP contribution is 2.37. The second-order valence-electron chi connectivity index (χ2n) is 3.66. The molecule has 0 saturated heterocycles. The fourth-order valence-corrected chi connectivity index (χ4v) is 1.71. The second kappa shape index (κ2) is 4.40. The van der Waals surface area contributed by atoms with Gasteiger partial charge in [0.05, 0.1) is 13.5 Å². The molecular formula is C12H10O6. The van der Waals surface area contributed by atoms with Crippen LogP contribution in [-0.4, -0.2) is 23.3 Å². The van der Waals surface area contributed by atoms with Gasteiger partial charge in [-0.1, -0.05) is 0 Å². The number of benzene rings is 1. The van der Waals surface area contributed by atoms with Crippen LogP contribution in [0, 0.1) is 0 Å². The summed E-state index contributed by atoms with van der Waals surface area (Å²) in [5.74, 6) is -1.45. The molecule has 2 rings (SSSR count). The lowest BCUT2D eigenvalue weighted by molar-refractivity contribution is -0.136. The van der Waals surface area contributed by atoms with Gasteiger partial charge in [0.15, 0.2) is 11.3 Å². The molecule has 0 aliphatic heterocycles. The standard InChI is InChI=1S/C12H10O6/c1-17-12-10(16)7(5-8(13)14)4-6-2-3-9(15)18-11(6)12/h2-4,16H,5H2,1H3,(H,13,14). The molecule has 0 radical (unpaired) electrons. The molecule has 18 heavy (non-hydrogen) atoms. The largest absolute Gasteiger partial charge is 0.504 e. The van der Waals surface area contributed by atoms with E-state index in [1.165, 1.54) is 25.3 Å². The number of fused-ring (bicyclic) bond motifs is 1. The van der Waals surface area contributed by atoms with Gasteiger partial charge < -0.3 is 19.4 Å². The first-order valence-corrected chi connectivity index (χ1v) is 5.07. The van der Waals surface area contributed by atoms with E-state index in [1.807, 2.05) is 0 Å². The summed E-state index contributed by atoms with van der Waals surface area (Å²) in [4.78, 5) is 21.8. The van der Waals surface area contributed by atoms with Crippen LogP contribution in [0.25, 0.3) is 11.0 Å². The van der Waals surface area contributed by atoms with Crippen LogP contribution in [0.3, 0.4) is 0 Å². The molecule has 0 aliphatic carbocycles. The minimum absolute atomic E-state index is 0.0403. The average molecular weight is 250 g/mol. The molecule has 0 atom stereocenters. The molecule has 0 spiro atoms. The Balaban J connectivity index is 2.77.